The Balaban J connectivity index is 1.55. The molecule has 6 nitrogen and oxygen atoms in total. The standard InChI is InChI=1S/C22H20ClNO5/c1-15(19-7-4-12-27-19)24-21(25)14-29-22(26)18-5-2-3-6-20(18)28-13-16-8-10-17(23)11-9-16/h2-12,15H,13-14H2,1H3,(H,24,25)/t15-/m1/s1. The van der Waals surface area contributed by atoms with Crippen LogP contribution >= 0.6 is 11.6 Å². The molecule has 0 saturated heterocycles. The average Bonchev–Trinajstić information content (AvgIpc) is 3.27. The molecule has 0 bridgehead atoms. The maximum Gasteiger partial charge on any atom is 0.342 e. The Morgan fingerprint density at radius 3 is 2.55 bits per heavy atom. The quantitative estimate of drug-likeness (QED) is 0.548. The molecule has 3 aromatic rings. The van der Waals surface area contributed by atoms with Gasteiger partial charge in [0.2, 0.25) is 0 Å². The molecule has 1 amide bonds. The highest BCUT2D eigenvalue weighted by molar-refractivity contribution is 6.30. The summed E-state index contributed by atoms with van der Waals surface area (Å²) < 4.78 is 16.1. The molecular formula is C22H20ClNO5. The van der Waals surface area contributed by atoms with E-state index in [0.29, 0.717) is 16.5 Å². The number of halogens is 1. The summed E-state index contributed by atoms with van der Waals surface area (Å²) in [4.78, 5) is 24.5. The third-order valence-electron chi connectivity index (χ3n) is 4.10. The van der Waals surface area contributed by atoms with Gasteiger partial charge in [0.05, 0.1) is 12.3 Å². The molecule has 0 spiro atoms. The number of carbonyl (C=O) groups excluding carboxylic acids is 2. The van der Waals surface area contributed by atoms with E-state index in [1.165, 1.54) is 6.26 Å². The van der Waals surface area contributed by atoms with Gasteiger partial charge in [0.15, 0.2) is 6.61 Å². The number of rotatable bonds is 8. The van der Waals surface area contributed by atoms with Crippen LogP contribution in [0, 0.1) is 0 Å². The summed E-state index contributed by atoms with van der Waals surface area (Å²) in [7, 11) is 0. The molecular weight excluding hydrogens is 394 g/mol. The summed E-state index contributed by atoms with van der Waals surface area (Å²) in [6.45, 7) is 1.64. The monoisotopic (exact) mass is 413 g/mol. The van der Waals surface area contributed by atoms with Crippen molar-refractivity contribution in [3.05, 3.63) is 88.8 Å². The predicted octanol–water partition coefficient (Wildman–Crippen LogP) is 4.55. The Bertz CT molecular complexity index is 954. The zero-order valence-electron chi connectivity index (χ0n) is 15.8. The lowest BCUT2D eigenvalue weighted by Crippen LogP contribution is -2.31. The zero-order chi connectivity index (χ0) is 20.6. The SMILES string of the molecule is C[C@@H](NC(=O)COC(=O)c1ccccc1OCc1ccc(Cl)cc1)c1ccco1. The molecule has 7 heteroatoms. The minimum atomic E-state index is -0.641. The van der Waals surface area contributed by atoms with Gasteiger partial charge >= 0.3 is 5.97 Å². The maximum atomic E-state index is 12.4. The van der Waals surface area contributed by atoms with Crippen molar-refractivity contribution >= 4 is 23.5 Å². The van der Waals surface area contributed by atoms with Crippen molar-refractivity contribution in [2.75, 3.05) is 6.61 Å². The van der Waals surface area contributed by atoms with Gasteiger partial charge < -0.3 is 19.2 Å². The van der Waals surface area contributed by atoms with Crippen LogP contribution in [0.1, 0.15) is 34.6 Å². The number of esters is 1. The largest absolute Gasteiger partial charge is 0.488 e. The molecule has 0 aliphatic heterocycles. The van der Waals surface area contributed by atoms with Crippen molar-refractivity contribution in [3.63, 3.8) is 0 Å². The van der Waals surface area contributed by atoms with Gasteiger partial charge in [-0.05, 0) is 48.9 Å². The van der Waals surface area contributed by atoms with E-state index in [1.54, 1.807) is 55.5 Å². The second-order valence-corrected chi connectivity index (χ2v) is 6.73. The van der Waals surface area contributed by atoms with Gasteiger partial charge in [-0.15, -0.1) is 0 Å². The highest BCUT2D eigenvalue weighted by Gasteiger charge is 2.17. The third kappa shape index (κ3) is 5.86. The van der Waals surface area contributed by atoms with E-state index >= 15 is 0 Å². The van der Waals surface area contributed by atoms with Crippen LogP contribution in [-0.2, 0) is 16.1 Å². The van der Waals surface area contributed by atoms with Gasteiger partial charge in [-0.3, -0.25) is 4.79 Å². The molecule has 1 N–H and O–H groups in total. The van der Waals surface area contributed by atoms with E-state index in [-0.39, 0.29) is 18.2 Å². The first-order chi connectivity index (χ1) is 14.0. The van der Waals surface area contributed by atoms with Crippen LogP contribution in [0.2, 0.25) is 5.02 Å². The fraction of sp³-hybridized carbons (Fsp3) is 0.182. The molecule has 1 atom stereocenters. The first-order valence-corrected chi connectivity index (χ1v) is 9.37. The second kappa shape index (κ2) is 9.80. The van der Waals surface area contributed by atoms with Crippen LogP contribution in [0.4, 0.5) is 0 Å². The molecule has 0 aliphatic rings. The number of benzene rings is 2. The minimum absolute atomic E-state index is 0.244. The van der Waals surface area contributed by atoms with Crippen LogP contribution < -0.4 is 10.1 Å². The van der Waals surface area contributed by atoms with Crippen LogP contribution in [0.5, 0.6) is 5.75 Å². The number of amides is 1. The summed E-state index contributed by atoms with van der Waals surface area (Å²) in [5.74, 6) is -0.0817. The van der Waals surface area contributed by atoms with Crippen molar-refractivity contribution in [1.29, 1.82) is 0 Å². The average molecular weight is 414 g/mol. The van der Waals surface area contributed by atoms with Gasteiger partial charge in [-0.2, -0.15) is 0 Å². The molecule has 0 radical (unpaired) electrons. The lowest BCUT2D eigenvalue weighted by molar-refractivity contribution is -0.125. The molecule has 1 heterocycles. The van der Waals surface area contributed by atoms with Gasteiger partial charge in [0, 0.05) is 5.02 Å². The van der Waals surface area contributed by atoms with Gasteiger partial charge in [-0.1, -0.05) is 35.9 Å². The van der Waals surface area contributed by atoms with Gasteiger partial charge in [0.25, 0.3) is 5.91 Å². The van der Waals surface area contributed by atoms with Crippen molar-refractivity contribution in [1.82, 2.24) is 5.32 Å². The molecule has 0 unspecified atom stereocenters. The fourth-order valence-electron chi connectivity index (χ4n) is 2.60. The molecule has 0 aliphatic carbocycles. The zero-order valence-corrected chi connectivity index (χ0v) is 16.5. The Morgan fingerprint density at radius 2 is 1.83 bits per heavy atom. The predicted molar refractivity (Wildman–Crippen MR) is 108 cm³/mol. The lowest BCUT2D eigenvalue weighted by Gasteiger charge is -2.13. The normalized spacial score (nSPS) is 11.5. The smallest absolute Gasteiger partial charge is 0.342 e. The van der Waals surface area contributed by atoms with E-state index in [4.69, 9.17) is 25.5 Å². The molecule has 29 heavy (non-hydrogen) atoms. The highest BCUT2D eigenvalue weighted by Crippen LogP contribution is 2.21. The van der Waals surface area contributed by atoms with E-state index in [1.807, 2.05) is 12.1 Å². The number of hydrogen-bond acceptors (Lipinski definition) is 5. The van der Waals surface area contributed by atoms with E-state index in [0.717, 1.165) is 5.56 Å². The topological polar surface area (TPSA) is 77.8 Å². The second-order valence-electron chi connectivity index (χ2n) is 6.29. The summed E-state index contributed by atoms with van der Waals surface area (Å²) in [5, 5.41) is 3.34. The first-order valence-electron chi connectivity index (χ1n) is 8.99. The summed E-state index contributed by atoms with van der Waals surface area (Å²) in [6, 6.07) is 17.1. The lowest BCUT2D eigenvalue weighted by atomic mass is 10.2. The van der Waals surface area contributed by atoms with Gasteiger partial charge in [-0.25, -0.2) is 4.79 Å². The number of furan rings is 1. The Hall–Kier alpha value is -3.25. The molecule has 2 aromatic carbocycles. The van der Waals surface area contributed by atoms with E-state index in [9.17, 15) is 9.59 Å². The fourth-order valence-corrected chi connectivity index (χ4v) is 2.73. The van der Waals surface area contributed by atoms with Crippen molar-refractivity contribution in [2.24, 2.45) is 0 Å². The molecule has 0 saturated carbocycles. The molecule has 3 rings (SSSR count). The Morgan fingerprint density at radius 1 is 1.07 bits per heavy atom. The number of para-hydroxylation sites is 1. The summed E-state index contributed by atoms with van der Waals surface area (Å²) in [5.41, 5.74) is 1.15. The summed E-state index contributed by atoms with van der Waals surface area (Å²) >= 11 is 5.88. The van der Waals surface area contributed by atoms with Crippen LogP contribution in [0.3, 0.4) is 0 Å². The first kappa shape index (κ1) is 20.5. The van der Waals surface area contributed by atoms with Crippen molar-refractivity contribution in [3.8, 4) is 5.75 Å². The number of carbonyl (C=O) groups is 2. The highest BCUT2D eigenvalue weighted by atomic mass is 35.5. The summed E-state index contributed by atoms with van der Waals surface area (Å²) in [6.07, 6.45) is 1.53. The van der Waals surface area contributed by atoms with Crippen LogP contribution in [-0.4, -0.2) is 18.5 Å². The minimum Gasteiger partial charge on any atom is -0.488 e. The third-order valence-corrected chi connectivity index (χ3v) is 4.35. The van der Waals surface area contributed by atoms with E-state index < -0.39 is 18.5 Å². The van der Waals surface area contributed by atoms with Crippen molar-refractivity contribution < 1.29 is 23.5 Å². The van der Waals surface area contributed by atoms with Gasteiger partial charge in [0.1, 0.15) is 23.7 Å². The number of hydrogen-bond donors (Lipinski definition) is 1. The Labute approximate surface area is 173 Å². The van der Waals surface area contributed by atoms with Crippen LogP contribution in [0.15, 0.2) is 71.3 Å². The number of ether oxygens (including phenoxy) is 2. The maximum absolute atomic E-state index is 12.4. The van der Waals surface area contributed by atoms with E-state index in [2.05, 4.69) is 5.32 Å². The van der Waals surface area contributed by atoms with Crippen molar-refractivity contribution in [2.45, 2.75) is 19.6 Å². The number of nitrogens with one attached hydrogen (secondary N) is 1. The molecule has 1 aromatic heterocycles. The van der Waals surface area contributed by atoms with Crippen LogP contribution in [0.25, 0.3) is 0 Å². The Kier molecular flexibility index (Phi) is 6.92. The molecule has 150 valence electrons. The molecule has 0 fully saturated rings.